The summed E-state index contributed by atoms with van der Waals surface area (Å²) in [7, 11) is 0. The highest BCUT2D eigenvalue weighted by molar-refractivity contribution is 5.78. The van der Waals surface area contributed by atoms with E-state index in [1.807, 2.05) is 17.0 Å². The number of aliphatic carboxylic acids is 1. The molecule has 4 aliphatic heterocycles. The van der Waals surface area contributed by atoms with Gasteiger partial charge in [-0.05, 0) is 49.9 Å². The van der Waals surface area contributed by atoms with Crippen LogP contribution >= 0.6 is 0 Å². The van der Waals surface area contributed by atoms with Crippen molar-refractivity contribution in [2.24, 2.45) is 0 Å². The zero-order valence-electron chi connectivity index (χ0n) is 18.8. The maximum absolute atomic E-state index is 13.2. The van der Waals surface area contributed by atoms with Crippen LogP contribution in [-0.4, -0.2) is 70.8 Å². The summed E-state index contributed by atoms with van der Waals surface area (Å²) in [5.41, 5.74) is 4.20. The van der Waals surface area contributed by atoms with Crippen molar-refractivity contribution < 1.29 is 19.4 Å². The van der Waals surface area contributed by atoms with E-state index in [2.05, 4.69) is 27.8 Å². The van der Waals surface area contributed by atoms with Crippen LogP contribution in [0.25, 0.3) is 0 Å². The monoisotopic (exact) mass is 453 g/mol. The predicted octanol–water partition coefficient (Wildman–Crippen LogP) is 2.17. The lowest BCUT2D eigenvalue weighted by Crippen LogP contribution is -2.47. The molecule has 0 aromatic carbocycles. The number of carboxylic acids is 1. The van der Waals surface area contributed by atoms with E-state index in [0.717, 1.165) is 37.8 Å². The number of rotatable bonds is 8. The molecule has 0 bridgehead atoms. The first-order valence-electron chi connectivity index (χ1n) is 11.9. The van der Waals surface area contributed by atoms with Gasteiger partial charge < -0.3 is 25.0 Å². The van der Waals surface area contributed by atoms with Crippen molar-refractivity contribution in [1.29, 1.82) is 0 Å². The van der Waals surface area contributed by atoms with E-state index < -0.39 is 12.0 Å². The maximum Gasteiger partial charge on any atom is 0.320 e. The number of carbonyl (C=O) groups excluding carboxylic acids is 1. The average molecular weight is 454 g/mol. The minimum Gasteiger partial charge on any atom is -0.481 e. The average Bonchev–Trinajstić information content (AvgIpc) is 3.43. The quantitative estimate of drug-likeness (QED) is 0.554. The van der Waals surface area contributed by atoms with Crippen molar-refractivity contribution in [2.45, 2.75) is 50.7 Å². The minimum absolute atomic E-state index is 0.119. The molecule has 3 N–H and O–H groups in total. The molecule has 1 aromatic heterocycles. The first-order chi connectivity index (χ1) is 16.1. The highest BCUT2D eigenvalue weighted by Crippen LogP contribution is 2.31. The molecule has 0 spiro atoms. The topological polar surface area (TPSA) is 107 Å². The molecular formula is C24H31N5O4. The Labute approximate surface area is 193 Å². The van der Waals surface area contributed by atoms with E-state index >= 15 is 0 Å². The highest BCUT2D eigenvalue weighted by Gasteiger charge is 2.36. The second-order valence-electron chi connectivity index (χ2n) is 9.05. The third kappa shape index (κ3) is 4.68. The normalized spacial score (nSPS) is 22.7. The highest BCUT2D eigenvalue weighted by atomic mass is 16.5. The van der Waals surface area contributed by atoms with Gasteiger partial charge in [0.1, 0.15) is 0 Å². The fraction of sp³-hybridized carbons (Fsp3) is 0.542. The summed E-state index contributed by atoms with van der Waals surface area (Å²) in [6, 6.07) is 3.05. The number of urea groups is 1. The van der Waals surface area contributed by atoms with Crippen molar-refractivity contribution in [1.82, 2.24) is 25.4 Å². The third-order valence-electron chi connectivity index (χ3n) is 6.85. The number of nitrogens with zero attached hydrogens (tertiary/aromatic N) is 3. The van der Waals surface area contributed by atoms with Gasteiger partial charge in [0.05, 0.1) is 30.9 Å². The molecule has 9 heteroatoms. The van der Waals surface area contributed by atoms with Crippen LogP contribution in [0.1, 0.15) is 49.4 Å². The van der Waals surface area contributed by atoms with Crippen LogP contribution in [0.3, 0.4) is 0 Å². The van der Waals surface area contributed by atoms with Crippen molar-refractivity contribution in [3.8, 4) is 5.88 Å². The van der Waals surface area contributed by atoms with Crippen LogP contribution in [0.15, 0.2) is 35.6 Å². The number of amides is 2. The van der Waals surface area contributed by atoms with Gasteiger partial charge in [-0.1, -0.05) is 12.1 Å². The maximum atomic E-state index is 13.2. The van der Waals surface area contributed by atoms with Crippen LogP contribution in [-0.2, 0) is 11.2 Å². The summed E-state index contributed by atoms with van der Waals surface area (Å²) in [6.07, 6.45) is 9.27. The largest absolute Gasteiger partial charge is 0.481 e. The van der Waals surface area contributed by atoms with Gasteiger partial charge >= 0.3 is 12.0 Å². The fourth-order valence-corrected chi connectivity index (χ4v) is 5.07. The molecule has 2 atom stereocenters. The summed E-state index contributed by atoms with van der Waals surface area (Å²) in [5, 5.41) is 16.6. The van der Waals surface area contributed by atoms with Gasteiger partial charge in [0.2, 0.25) is 5.88 Å². The lowest BCUT2D eigenvalue weighted by atomic mass is 9.99. The number of fused-ring (bicyclic) bond motifs is 2. The van der Waals surface area contributed by atoms with Gasteiger partial charge in [-0.3, -0.25) is 10.1 Å². The zero-order chi connectivity index (χ0) is 22.8. The molecule has 1 unspecified atom stereocenters. The van der Waals surface area contributed by atoms with Crippen LogP contribution in [0, 0.1) is 0 Å². The van der Waals surface area contributed by atoms with Crippen LogP contribution in [0.4, 0.5) is 4.79 Å². The molecule has 33 heavy (non-hydrogen) atoms. The minimum atomic E-state index is -0.950. The summed E-state index contributed by atoms with van der Waals surface area (Å²) >= 11 is 0. The molecule has 9 nitrogen and oxygen atoms in total. The molecule has 2 amide bonds. The van der Waals surface area contributed by atoms with Crippen molar-refractivity contribution in [2.75, 3.05) is 32.8 Å². The fourth-order valence-electron chi connectivity index (χ4n) is 5.07. The number of carbonyl (C=O) groups is 2. The second kappa shape index (κ2) is 9.43. The molecule has 0 aliphatic carbocycles. The Hall–Kier alpha value is -3.07. The Bertz CT molecular complexity index is 991. The van der Waals surface area contributed by atoms with Gasteiger partial charge in [0, 0.05) is 37.3 Å². The Morgan fingerprint density at radius 3 is 3.06 bits per heavy atom. The molecule has 5 rings (SSSR count). The van der Waals surface area contributed by atoms with E-state index in [1.54, 1.807) is 4.90 Å². The Morgan fingerprint density at radius 2 is 2.18 bits per heavy atom. The number of allylic oxidation sites excluding steroid dienone is 3. The molecule has 2 saturated heterocycles. The standard InChI is InChI=1S/C24H31N5O4/c30-21(31)15-20(19-8-6-17-9-14-33-23(17)27-19)29-13-12-28(24(29)32)11-2-4-18-7-5-16-3-1-10-25-22(16)26-18/h5-8,20,22,25-26H,1-4,9-15H2,(H,30,31)/t20-,22?/m0/s1. The van der Waals surface area contributed by atoms with Gasteiger partial charge in [-0.25, -0.2) is 9.78 Å². The molecule has 1 aromatic rings. The number of aromatic nitrogens is 1. The van der Waals surface area contributed by atoms with Gasteiger partial charge in [-0.15, -0.1) is 0 Å². The number of hydrogen-bond acceptors (Lipinski definition) is 6. The Kier molecular flexibility index (Phi) is 6.22. The van der Waals surface area contributed by atoms with Crippen LogP contribution in [0.2, 0.25) is 0 Å². The molecule has 0 radical (unpaired) electrons. The molecule has 4 aliphatic rings. The molecule has 0 saturated carbocycles. The number of pyridine rings is 1. The van der Waals surface area contributed by atoms with Crippen molar-refractivity contribution in [3.63, 3.8) is 0 Å². The SMILES string of the molecule is O=C(O)C[C@@H](c1ccc2c(n1)OCC2)N1CCN(CCCC2=CC=C3CCCNC3N2)C1=O. The lowest BCUT2D eigenvalue weighted by Gasteiger charge is -2.32. The number of ether oxygens (including phenoxy) is 1. The predicted molar refractivity (Wildman–Crippen MR) is 122 cm³/mol. The Balaban J connectivity index is 1.20. The summed E-state index contributed by atoms with van der Waals surface area (Å²) in [5.74, 6) is -0.391. The van der Waals surface area contributed by atoms with Crippen LogP contribution in [0.5, 0.6) is 5.88 Å². The van der Waals surface area contributed by atoms with Gasteiger partial charge in [0.25, 0.3) is 0 Å². The second-order valence-corrected chi connectivity index (χ2v) is 9.05. The number of nitrogens with one attached hydrogen (secondary N) is 2. The van der Waals surface area contributed by atoms with Gasteiger partial charge in [-0.2, -0.15) is 0 Å². The lowest BCUT2D eigenvalue weighted by molar-refractivity contribution is -0.138. The van der Waals surface area contributed by atoms with Crippen LogP contribution < -0.4 is 15.4 Å². The summed E-state index contributed by atoms with van der Waals surface area (Å²) in [4.78, 5) is 32.7. The number of piperidine rings is 1. The summed E-state index contributed by atoms with van der Waals surface area (Å²) < 4.78 is 5.56. The Morgan fingerprint density at radius 1 is 1.27 bits per heavy atom. The van der Waals surface area contributed by atoms with E-state index in [9.17, 15) is 14.7 Å². The summed E-state index contributed by atoms with van der Waals surface area (Å²) in [6.45, 7) is 3.35. The zero-order valence-corrected chi connectivity index (χ0v) is 18.8. The number of carboxylic acid groups (broad SMARTS) is 1. The molecule has 2 fully saturated rings. The van der Waals surface area contributed by atoms with Gasteiger partial charge in [0.15, 0.2) is 0 Å². The smallest absolute Gasteiger partial charge is 0.320 e. The molecule has 176 valence electrons. The first-order valence-corrected chi connectivity index (χ1v) is 11.9. The van der Waals surface area contributed by atoms with Crippen molar-refractivity contribution >= 4 is 12.0 Å². The van der Waals surface area contributed by atoms with E-state index in [4.69, 9.17) is 4.74 Å². The van der Waals surface area contributed by atoms with Crippen molar-refractivity contribution in [3.05, 3.63) is 46.8 Å². The molecular weight excluding hydrogens is 422 g/mol. The van der Waals surface area contributed by atoms with E-state index in [1.165, 1.54) is 17.7 Å². The van der Waals surface area contributed by atoms with E-state index in [-0.39, 0.29) is 18.6 Å². The number of hydrogen-bond donors (Lipinski definition) is 3. The first kappa shape index (κ1) is 21.8. The number of dihydropyridines is 1. The molecule has 5 heterocycles. The van der Waals surface area contributed by atoms with E-state index in [0.29, 0.717) is 37.8 Å². The third-order valence-corrected chi connectivity index (χ3v) is 6.85.